The van der Waals surface area contributed by atoms with Gasteiger partial charge < -0.3 is 5.11 Å². The van der Waals surface area contributed by atoms with Crippen molar-refractivity contribution in [3.8, 4) is 0 Å². The highest BCUT2D eigenvalue weighted by molar-refractivity contribution is 5.66. The zero-order chi connectivity index (χ0) is 12.4. The van der Waals surface area contributed by atoms with Gasteiger partial charge in [0.1, 0.15) is 0 Å². The van der Waals surface area contributed by atoms with Gasteiger partial charge in [-0.05, 0) is 32.3 Å². The van der Waals surface area contributed by atoms with E-state index in [0.717, 1.165) is 0 Å². The van der Waals surface area contributed by atoms with Crippen LogP contribution in [0.1, 0.15) is 39.0 Å². The molecule has 0 aliphatic carbocycles. The zero-order valence-corrected chi connectivity index (χ0v) is 9.39. The number of aliphatic carboxylic acids is 1. The number of carboxylic acid groups (broad SMARTS) is 1. The number of rotatable bonds is 8. The first kappa shape index (κ1) is 14.3. The third-order valence-electron chi connectivity index (χ3n) is 2.02. The fourth-order valence-electron chi connectivity index (χ4n) is 1.16. The molecule has 0 spiro atoms. The molecule has 0 aliphatic heterocycles. The van der Waals surface area contributed by atoms with Gasteiger partial charge in [-0.2, -0.15) is 0 Å². The first-order chi connectivity index (χ1) is 7.57. The van der Waals surface area contributed by atoms with Crippen LogP contribution in [0.4, 0.5) is 0 Å². The van der Waals surface area contributed by atoms with E-state index in [1.807, 2.05) is 6.92 Å². The molecule has 0 radical (unpaired) electrons. The predicted molar refractivity (Wildman–Crippen MR) is 60.6 cm³/mol. The summed E-state index contributed by atoms with van der Waals surface area (Å²) in [5.74, 6) is -0.826. The van der Waals surface area contributed by atoms with Crippen molar-refractivity contribution in [2.24, 2.45) is 0 Å². The second-order valence-corrected chi connectivity index (χ2v) is 3.37. The molecule has 0 aromatic carbocycles. The second kappa shape index (κ2) is 8.64. The third-order valence-corrected chi connectivity index (χ3v) is 2.02. The van der Waals surface area contributed by atoms with E-state index in [1.165, 1.54) is 0 Å². The van der Waals surface area contributed by atoms with Gasteiger partial charge in [0, 0.05) is 6.42 Å². The van der Waals surface area contributed by atoms with Crippen molar-refractivity contribution in [2.45, 2.75) is 39.0 Å². The molecule has 0 unspecified atom stereocenters. The van der Waals surface area contributed by atoms with E-state index in [1.54, 1.807) is 18.2 Å². The minimum absolute atomic E-state index is 0.122. The first-order valence-corrected chi connectivity index (χ1v) is 5.24. The fraction of sp³-hybridized carbons (Fsp3) is 0.545. The largest absolute Gasteiger partial charge is 0.481 e. The maximum Gasteiger partial charge on any atom is 0.303 e. The molecular weight excluding hydrogens is 210 g/mol. The Morgan fingerprint density at radius 3 is 2.62 bits per heavy atom. The smallest absolute Gasteiger partial charge is 0.303 e. The highest BCUT2D eigenvalue weighted by Crippen LogP contribution is 2.08. The summed E-state index contributed by atoms with van der Waals surface area (Å²) >= 11 is 0. The molecule has 0 amide bonds. The van der Waals surface area contributed by atoms with Gasteiger partial charge in [0.25, 0.3) is 0 Å². The molecule has 90 valence electrons. The average Bonchev–Trinajstić information content (AvgIpc) is 2.21. The summed E-state index contributed by atoms with van der Waals surface area (Å²) in [7, 11) is 0. The molecule has 16 heavy (non-hydrogen) atoms. The van der Waals surface area contributed by atoms with Crippen molar-refractivity contribution in [2.75, 3.05) is 0 Å². The van der Waals surface area contributed by atoms with E-state index in [4.69, 9.17) is 5.11 Å². The number of carbonyl (C=O) groups is 1. The van der Waals surface area contributed by atoms with Gasteiger partial charge in [-0.15, -0.1) is 0 Å². The number of hydrogen-bond donors (Lipinski definition) is 1. The predicted octanol–water partition coefficient (Wildman–Crippen LogP) is 2.76. The lowest BCUT2D eigenvalue weighted by Gasteiger charge is -1.96. The van der Waals surface area contributed by atoms with Crippen molar-refractivity contribution in [1.82, 2.24) is 0 Å². The highest BCUT2D eigenvalue weighted by Gasteiger charge is 2.06. The molecule has 5 heteroatoms. The Morgan fingerprint density at radius 2 is 2.12 bits per heavy atom. The van der Waals surface area contributed by atoms with Crippen LogP contribution in [-0.2, 0) is 4.79 Å². The van der Waals surface area contributed by atoms with Crippen LogP contribution in [-0.4, -0.2) is 16.0 Å². The Kier molecular flexibility index (Phi) is 7.75. The number of carboxylic acids is 1. The fourth-order valence-corrected chi connectivity index (χ4v) is 1.16. The Labute approximate surface area is 94.6 Å². The Hall–Kier alpha value is -1.65. The molecule has 0 aromatic heterocycles. The van der Waals surface area contributed by atoms with E-state index in [-0.39, 0.29) is 12.1 Å². The van der Waals surface area contributed by atoms with Crippen LogP contribution in [0.5, 0.6) is 0 Å². The molecule has 0 heterocycles. The van der Waals surface area contributed by atoms with Crippen LogP contribution in [0.15, 0.2) is 23.9 Å². The Bertz CT molecular complexity index is 294. The summed E-state index contributed by atoms with van der Waals surface area (Å²) in [6.07, 6.45) is 7.29. The molecule has 5 nitrogen and oxygen atoms in total. The summed E-state index contributed by atoms with van der Waals surface area (Å²) in [5, 5.41) is 19.0. The van der Waals surface area contributed by atoms with Crippen molar-refractivity contribution in [3.05, 3.63) is 34.0 Å². The average molecular weight is 227 g/mol. The van der Waals surface area contributed by atoms with Crippen molar-refractivity contribution in [1.29, 1.82) is 0 Å². The van der Waals surface area contributed by atoms with Gasteiger partial charge >= 0.3 is 5.97 Å². The van der Waals surface area contributed by atoms with Crippen LogP contribution in [0.3, 0.4) is 0 Å². The highest BCUT2D eigenvalue weighted by atomic mass is 16.6. The number of nitro groups is 1. The summed E-state index contributed by atoms with van der Waals surface area (Å²) in [6, 6.07) is 0. The minimum atomic E-state index is -0.826. The van der Waals surface area contributed by atoms with Gasteiger partial charge in [-0.1, -0.05) is 12.2 Å². The van der Waals surface area contributed by atoms with Crippen molar-refractivity contribution < 1.29 is 14.8 Å². The lowest BCUT2D eigenvalue weighted by atomic mass is 10.1. The van der Waals surface area contributed by atoms with Crippen LogP contribution < -0.4 is 0 Å². The molecular formula is C11H17NO4. The van der Waals surface area contributed by atoms with E-state index < -0.39 is 10.9 Å². The van der Waals surface area contributed by atoms with E-state index in [2.05, 4.69) is 0 Å². The summed E-state index contributed by atoms with van der Waals surface area (Å²) in [6.45, 7) is 1.81. The van der Waals surface area contributed by atoms with Gasteiger partial charge in [0.15, 0.2) is 0 Å². The molecule has 0 atom stereocenters. The summed E-state index contributed by atoms with van der Waals surface area (Å²) in [4.78, 5) is 20.4. The quantitative estimate of drug-likeness (QED) is 0.299. The van der Waals surface area contributed by atoms with Gasteiger partial charge in [-0.25, -0.2) is 0 Å². The van der Waals surface area contributed by atoms with Crippen LogP contribution in [0.25, 0.3) is 0 Å². The Balaban J connectivity index is 3.94. The van der Waals surface area contributed by atoms with Gasteiger partial charge in [0.2, 0.25) is 5.70 Å². The molecule has 0 bridgehead atoms. The standard InChI is InChI=1S/C11H17NO4/c1-2-3-7-10(12(15)16)8-5-4-6-9-11(13)14/h2-3,8H,4-7,9H2,1H3,(H,13,14)/b3-2-,10-8+. The summed E-state index contributed by atoms with van der Waals surface area (Å²) < 4.78 is 0. The maximum absolute atomic E-state index is 10.6. The van der Waals surface area contributed by atoms with E-state index in [0.29, 0.717) is 25.7 Å². The lowest BCUT2D eigenvalue weighted by molar-refractivity contribution is -0.427. The number of nitrogens with zero attached hydrogens (tertiary/aromatic N) is 1. The number of allylic oxidation sites excluding steroid dienone is 3. The van der Waals surface area contributed by atoms with Crippen LogP contribution >= 0.6 is 0 Å². The SMILES string of the molecule is C/C=C\C/C(=C\CCCCC(=O)O)[N+](=O)[O-]. The van der Waals surface area contributed by atoms with E-state index in [9.17, 15) is 14.9 Å². The number of unbranched alkanes of at least 4 members (excludes halogenated alkanes) is 2. The van der Waals surface area contributed by atoms with Gasteiger partial charge in [-0.3, -0.25) is 14.9 Å². The molecule has 0 aliphatic rings. The first-order valence-electron chi connectivity index (χ1n) is 5.24. The summed E-state index contributed by atoms with van der Waals surface area (Å²) in [5.41, 5.74) is 0.174. The molecule has 0 saturated carbocycles. The second-order valence-electron chi connectivity index (χ2n) is 3.37. The maximum atomic E-state index is 10.6. The molecule has 0 aromatic rings. The normalized spacial score (nSPS) is 11.9. The minimum Gasteiger partial charge on any atom is -0.481 e. The molecule has 0 saturated heterocycles. The third kappa shape index (κ3) is 7.73. The lowest BCUT2D eigenvalue weighted by Crippen LogP contribution is -1.98. The van der Waals surface area contributed by atoms with Crippen molar-refractivity contribution in [3.63, 3.8) is 0 Å². The number of hydrogen-bond acceptors (Lipinski definition) is 3. The van der Waals surface area contributed by atoms with Gasteiger partial charge in [0.05, 0.1) is 11.3 Å². The van der Waals surface area contributed by atoms with Crippen LogP contribution in [0.2, 0.25) is 0 Å². The topological polar surface area (TPSA) is 80.4 Å². The monoisotopic (exact) mass is 227 g/mol. The van der Waals surface area contributed by atoms with Crippen LogP contribution in [0, 0.1) is 10.1 Å². The Morgan fingerprint density at radius 1 is 1.44 bits per heavy atom. The molecule has 0 fully saturated rings. The van der Waals surface area contributed by atoms with Crippen molar-refractivity contribution >= 4 is 5.97 Å². The molecule has 1 N–H and O–H groups in total. The molecule has 0 rings (SSSR count). The van der Waals surface area contributed by atoms with E-state index >= 15 is 0 Å². The zero-order valence-electron chi connectivity index (χ0n) is 9.39.